The molecular weight excluding hydrogens is 448 g/mol. The van der Waals surface area contributed by atoms with Crippen LogP contribution in [0.1, 0.15) is 83.1 Å². The minimum Gasteiger partial charge on any atom is -0.507 e. The normalized spacial score (nSPS) is 22.7. The molecule has 0 aromatic carbocycles. The van der Waals surface area contributed by atoms with Gasteiger partial charge in [-0.05, 0) is 78.9 Å². The predicted octanol–water partition coefficient (Wildman–Crippen LogP) is 5.32. The number of ether oxygens (including phenoxy) is 1. The molecule has 194 valence electrons. The fraction of sp³-hybridized carbons (Fsp3) is 0.571. The molecule has 0 saturated heterocycles. The van der Waals surface area contributed by atoms with E-state index in [4.69, 9.17) is 9.15 Å². The van der Waals surface area contributed by atoms with Crippen LogP contribution in [0.25, 0.3) is 0 Å². The second-order valence-corrected chi connectivity index (χ2v) is 10.1. The van der Waals surface area contributed by atoms with Crippen molar-refractivity contribution in [2.75, 3.05) is 6.61 Å². The Hall–Kier alpha value is -2.64. The number of hydrogen-bond donors (Lipinski definition) is 3. The molecule has 7 heteroatoms. The molecule has 0 fully saturated rings. The van der Waals surface area contributed by atoms with Crippen LogP contribution < -0.4 is 5.63 Å². The smallest absolute Gasteiger partial charge is 0.342 e. The summed E-state index contributed by atoms with van der Waals surface area (Å²) < 4.78 is 11.4. The number of allylic oxidation sites excluding steroid dienone is 3. The lowest BCUT2D eigenvalue weighted by molar-refractivity contribution is -0.140. The van der Waals surface area contributed by atoms with Crippen LogP contribution in [0.15, 0.2) is 44.2 Å². The summed E-state index contributed by atoms with van der Waals surface area (Å²) in [6.45, 7) is 12.8. The van der Waals surface area contributed by atoms with E-state index in [0.717, 1.165) is 16.7 Å². The van der Waals surface area contributed by atoms with Gasteiger partial charge >= 0.3 is 11.6 Å². The van der Waals surface area contributed by atoms with Gasteiger partial charge in [0.2, 0.25) is 0 Å². The SMILES string of the molecule is CC(=C[C@H](CCC[C@]1(CO)C=C(C)[C@H](C)O1)C(=O)O)/C=C(\C)C[C@@H](C)c1oc(=O)c(C)c(O)c1C. The zero-order valence-corrected chi connectivity index (χ0v) is 22.0. The van der Waals surface area contributed by atoms with Crippen LogP contribution >= 0.6 is 0 Å². The molecule has 2 heterocycles. The number of aliphatic hydroxyl groups is 1. The van der Waals surface area contributed by atoms with Crippen molar-refractivity contribution in [3.8, 4) is 5.75 Å². The quantitative estimate of drug-likeness (QED) is 0.285. The molecule has 0 bridgehead atoms. The lowest BCUT2D eigenvalue weighted by Gasteiger charge is -2.26. The first kappa shape index (κ1) is 28.6. The van der Waals surface area contributed by atoms with Gasteiger partial charge in [0, 0.05) is 11.5 Å². The molecule has 4 atom stereocenters. The number of aliphatic hydroxyl groups excluding tert-OH is 1. The van der Waals surface area contributed by atoms with E-state index in [0.29, 0.717) is 37.0 Å². The molecule has 0 aliphatic carbocycles. The van der Waals surface area contributed by atoms with E-state index in [1.165, 1.54) is 6.92 Å². The number of hydrogen-bond acceptors (Lipinski definition) is 6. The van der Waals surface area contributed by atoms with Gasteiger partial charge in [0.25, 0.3) is 0 Å². The highest BCUT2D eigenvalue weighted by atomic mass is 16.5. The Morgan fingerprint density at radius 3 is 2.43 bits per heavy atom. The van der Waals surface area contributed by atoms with E-state index in [-0.39, 0.29) is 29.9 Å². The Labute approximate surface area is 207 Å². The van der Waals surface area contributed by atoms with Crippen LogP contribution in [0.3, 0.4) is 0 Å². The summed E-state index contributed by atoms with van der Waals surface area (Å²) in [6.07, 6.45) is 7.80. The molecule has 0 amide bonds. The Morgan fingerprint density at radius 1 is 1.23 bits per heavy atom. The van der Waals surface area contributed by atoms with Gasteiger partial charge in [-0.3, -0.25) is 4.79 Å². The molecule has 0 spiro atoms. The van der Waals surface area contributed by atoms with Crippen LogP contribution in [0.2, 0.25) is 0 Å². The third-order valence-corrected chi connectivity index (χ3v) is 6.85. The van der Waals surface area contributed by atoms with Crippen molar-refractivity contribution in [2.24, 2.45) is 5.92 Å². The van der Waals surface area contributed by atoms with Crippen molar-refractivity contribution in [3.05, 3.63) is 62.3 Å². The molecule has 1 aliphatic heterocycles. The molecule has 0 radical (unpaired) electrons. The average Bonchev–Trinajstić information content (AvgIpc) is 3.07. The molecule has 7 nitrogen and oxygen atoms in total. The third-order valence-electron chi connectivity index (χ3n) is 6.85. The van der Waals surface area contributed by atoms with Crippen molar-refractivity contribution in [1.29, 1.82) is 0 Å². The topological polar surface area (TPSA) is 117 Å². The molecule has 1 aromatic rings. The van der Waals surface area contributed by atoms with E-state index in [9.17, 15) is 24.9 Å². The van der Waals surface area contributed by atoms with Crippen molar-refractivity contribution in [3.63, 3.8) is 0 Å². The number of carboxylic acid groups (broad SMARTS) is 1. The maximum Gasteiger partial charge on any atom is 0.342 e. The van der Waals surface area contributed by atoms with Crippen LogP contribution in [0.4, 0.5) is 0 Å². The van der Waals surface area contributed by atoms with Crippen LogP contribution in [-0.4, -0.2) is 39.6 Å². The Bertz CT molecular complexity index is 1080. The summed E-state index contributed by atoms with van der Waals surface area (Å²) in [5.41, 5.74) is 2.42. The zero-order chi connectivity index (χ0) is 26.5. The number of aliphatic carboxylic acids is 1. The highest BCUT2D eigenvalue weighted by molar-refractivity contribution is 5.72. The van der Waals surface area contributed by atoms with Gasteiger partial charge in [-0.25, -0.2) is 4.79 Å². The second kappa shape index (κ2) is 11.9. The second-order valence-electron chi connectivity index (χ2n) is 10.1. The molecule has 35 heavy (non-hydrogen) atoms. The summed E-state index contributed by atoms with van der Waals surface area (Å²) >= 11 is 0. The Balaban J connectivity index is 2.06. The van der Waals surface area contributed by atoms with Gasteiger partial charge in [-0.2, -0.15) is 0 Å². The minimum absolute atomic E-state index is 0.0313. The van der Waals surface area contributed by atoms with Crippen LogP contribution in [-0.2, 0) is 9.53 Å². The Kier molecular flexibility index (Phi) is 9.69. The van der Waals surface area contributed by atoms with Crippen molar-refractivity contribution in [1.82, 2.24) is 0 Å². The first-order valence-electron chi connectivity index (χ1n) is 12.2. The standard InChI is InChI=1S/C28H40O7/c1-16(12-18(3)25-20(5)24(30)21(6)27(33)34-25)11-17(2)13-23(26(31)32)9-8-10-28(15-29)14-19(4)22(7)35-28/h11,13-14,18,22-23,29-30H,8-10,12,15H2,1-7H3,(H,31,32)/b16-11+,17-13?/t18-,22+,23+,28-/m1/s1. The van der Waals surface area contributed by atoms with Crippen molar-refractivity contribution < 1.29 is 29.3 Å². The highest BCUT2D eigenvalue weighted by Crippen LogP contribution is 2.34. The number of carboxylic acids is 1. The maximum absolute atomic E-state index is 12.0. The van der Waals surface area contributed by atoms with Crippen LogP contribution in [0.5, 0.6) is 5.75 Å². The summed E-state index contributed by atoms with van der Waals surface area (Å²) in [4.78, 5) is 23.8. The van der Waals surface area contributed by atoms with Crippen molar-refractivity contribution in [2.45, 2.75) is 91.8 Å². The summed E-state index contributed by atoms with van der Waals surface area (Å²) in [7, 11) is 0. The summed E-state index contributed by atoms with van der Waals surface area (Å²) in [5, 5.41) is 29.8. The maximum atomic E-state index is 12.0. The minimum atomic E-state index is -0.887. The molecule has 1 aliphatic rings. The predicted molar refractivity (Wildman–Crippen MR) is 136 cm³/mol. The molecule has 2 rings (SSSR count). The van der Waals surface area contributed by atoms with Gasteiger partial charge in [0.15, 0.2) is 0 Å². The van der Waals surface area contributed by atoms with Gasteiger partial charge in [0.1, 0.15) is 17.1 Å². The lowest BCUT2D eigenvalue weighted by Crippen LogP contribution is -2.33. The monoisotopic (exact) mass is 488 g/mol. The third kappa shape index (κ3) is 7.18. The van der Waals surface area contributed by atoms with Gasteiger partial charge < -0.3 is 24.5 Å². The number of rotatable bonds is 11. The number of aromatic hydroxyl groups is 1. The van der Waals surface area contributed by atoms with E-state index in [1.54, 1.807) is 13.0 Å². The average molecular weight is 489 g/mol. The van der Waals surface area contributed by atoms with E-state index in [1.807, 2.05) is 46.8 Å². The summed E-state index contributed by atoms with van der Waals surface area (Å²) in [5.74, 6) is -1.24. The van der Waals surface area contributed by atoms with E-state index in [2.05, 4.69) is 0 Å². The molecule has 0 saturated carbocycles. The molecule has 3 N–H and O–H groups in total. The van der Waals surface area contributed by atoms with Crippen molar-refractivity contribution >= 4 is 5.97 Å². The first-order valence-corrected chi connectivity index (χ1v) is 12.2. The summed E-state index contributed by atoms with van der Waals surface area (Å²) in [6, 6.07) is 0. The fourth-order valence-electron chi connectivity index (χ4n) is 4.81. The largest absolute Gasteiger partial charge is 0.507 e. The van der Waals surface area contributed by atoms with E-state index >= 15 is 0 Å². The lowest BCUT2D eigenvalue weighted by atomic mass is 9.91. The number of carbonyl (C=O) groups is 1. The molecule has 1 aromatic heterocycles. The molecule has 0 unspecified atom stereocenters. The van der Waals surface area contributed by atoms with Gasteiger partial charge in [-0.15, -0.1) is 0 Å². The molecular formula is C28H40O7. The zero-order valence-electron chi connectivity index (χ0n) is 22.0. The van der Waals surface area contributed by atoms with Crippen LogP contribution in [0, 0.1) is 19.8 Å². The Morgan fingerprint density at radius 2 is 1.89 bits per heavy atom. The highest BCUT2D eigenvalue weighted by Gasteiger charge is 2.36. The van der Waals surface area contributed by atoms with Gasteiger partial charge in [-0.1, -0.05) is 30.2 Å². The van der Waals surface area contributed by atoms with E-state index < -0.39 is 23.1 Å². The first-order chi connectivity index (χ1) is 16.3. The van der Waals surface area contributed by atoms with Gasteiger partial charge in [0.05, 0.1) is 24.2 Å². The fourth-order valence-corrected chi connectivity index (χ4v) is 4.81.